The van der Waals surface area contributed by atoms with E-state index < -0.39 is 0 Å². The summed E-state index contributed by atoms with van der Waals surface area (Å²) in [4.78, 5) is 15.6. The van der Waals surface area contributed by atoms with Crippen LogP contribution < -0.4 is 21.5 Å². The van der Waals surface area contributed by atoms with E-state index in [9.17, 15) is 4.79 Å². The minimum absolute atomic E-state index is 0.109. The van der Waals surface area contributed by atoms with E-state index in [1.807, 2.05) is 0 Å². The van der Waals surface area contributed by atoms with Gasteiger partial charge in [-0.05, 0) is 24.3 Å². The van der Waals surface area contributed by atoms with Crippen LogP contribution >= 0.6 is 0 Å². The lowest BCUT2D eigenvalue weighted by atomic mass is 10.3. The molecule has 2 rings (SSSR count). The number of rotatable bonds is 8. The Morgan fingerprint density at radius 1 is 1.23 bits per heavy atom. The van der Waals surface area contributed by atoms with Gasteiger partial charge in [-0.25, -0.2) is 4.98 Å². The molecule has 0 spiro atoms. The summed E-state index contributed by atoms with van der Waals surface area (Å²) >= 11 is 0. The van der Waals surface area contributed by atoms with Crippen molar-refractivity contribution in [2.45, 2.75) is 6.42 Å². The van der Waals surface area contributed by atoms with Crippen LogP contribution in [-0.4, -0.2) is 29.1 Å². The maximum absolute atomic E-state index is 11.5. The third-order valence-electron chi connectivity index (χ3n) is 3.10. The molecule has 1 aromatic carbocycles. The Balaban J connectivity index is 2.16. The van der Waals surface area contributed by atoms with Crippen molar-refractivity contribution in [1.82, 2.24) is 4.98 Å². The number of nitrogen functional groups attached to an aromatic ring is 1. The number of nitrogens with one attached hydrogen (secondary N) is 1. The number of ether oxygens (including phenoxy) is 1. The molecule has 1 aromatic heterocycles. The number of hydrogen-bond acceptors (Lipinski definition) is 8. The van der Waals surface area contributed by atoms with Gasteiger partial charge in [-0.3, -0.25) is 4.79 Å². The van der Waals surface area contributed by atoms with E-state index in [2.05, 4.69) is 27.1 Å². The van der Waals surface area contributed by atoms with Crippen molar-refractivity contribution >= 4 is 28.9 Å². The van der Waals surface area contributed by atoms with Gasteiger partial charge in [0.2, 0.25) is 5.91 Å². The van der Waals surface area contributed by atoms with Crippen LogP contribution in [0.3, 0.4) is 0 Å². The lowest BCUT2D eigenvalue weighted by Gasteiger charge is -2.08. The average molecular weight is 356 g/mol. The van der Waals surface area contributed by atoms with E-state index in [0.29, 0.717) is 22.9 Å². The first-order valence-corrected chi connectivity index (χ1v) is 7.77. The third kappa shape index (κ3) is 5.36. The predicted molar refractivity (Wildman–Crippen MR) is 98.4 cm³/mol. The fourth-order valence-electron chi connectivity index (χ4n) is 1.88. The summed E-state index contributed by atoms with van der Waals surface area (Å²) in [6.07, 6.45) is 0.193. The van der Waals surface area contributed by atoms with E-state index in [4.69, 9.17) is 21.3 Å². The molecule has 9 heteroatoms. The van der Waals surface area contributed by atoms with Crippen molar-refractivity contribution in [3.8, 4) is 5.75 Å². The number of aromatic nitrogens is 1. The molecule has 0 saturated heterocycles. The number of azo groups is 1. The van der Waals surface area contributed by atoms with Crippen molar-refractivity contribution in [1.29, 1.82) is 0 Å². The second-order valence-corrected chi connectivity index (χ2v) is 5.15. The standard InChI is InChI=1S/C17H20N6O3/c1-11(10-24)26-14-5-3-2-4-12(14)22-23-13-6-7-15(21-17(13)19)20-16(25)8-9-18/h2-7,24H,1,8-10,18H2,(H3,19,20,21,25). The van der Waals surface area contributed by atoms with E-state index in [0.717, 1.165) is 0 Å². The quantitative estimate of drug-likeness (QED) is 0.421. The van der Waals surface area contributed by atoms with Gasteiger partial charge in [0.15, 0.2) is 11.6 Å². The lowest BCUT2D eigenvalue weighted by Crippen LogP contribution is -2.17. The smallest absolute Gasteiger partial charge is 0.226 e. The summed E-state index contributed by atoms with van der Waals surface area (Å²) in [6.45, 7) is 3.51. The molecule has 0 saturated carbocycles. The van der Waals surface area contributed by atoms with Gasteiger partial charge in [0.05, 0.1) is 0 Å². The number of pyridine rings is 1. The molecule has 6 N–H and O–H groups in total. The van der Waals surface area contributed by atoms with Gasteiger partial charge < -0.3 is 26.6 Å². The number of aliphatic hydroxyl groups excluding tert-OH is 1. The highest BCUT2D eigenvalue weighted by molar-refractivity contribution is 5.90. The third-order valence-corrected chi connectivity index (χ3v) is 3.10. The van der Waals surface area contributed by atoms with E-state index >= 15 is 0 Å². The Morgan fingerprint density at radius 2 is 1.96 bits per heavy atom. The Kier molecular flexibility index (Phi) is 6.77. The molecule has 9 nitrogen and oxygen atoms in total. The zero-order valence-electron chi connectivity index (χ0n) is 14.1. The van der Waals surface area contributed by atoms with Gasteiger partial charge in [-0.2, -0.15) is 0 Å². The summed E-state index contributed by atoms with van der Waals surface area (Å²) in [5.41, 5.74) is 11.9. The minimum atomic E-state index is -0.306. The molecule has 2 aromatic rings. The molecule has 26 heavy (non-hydrogen) atoms. The topological polar surface area (TPSA) is 148 Å². The summed E-state index contributed by atoms with van der Waals surface area (Å²) < 4.78 is 5.40. The van der Waals surface area contributed by atoms with Crippen molar-refractivity contribution in [3.63, 3.8) is 0 Å². The van der Waals surface area contributed by atoms with Crippen LogP contribution in [0.4, 0.5) is 23.0 Å². The molecule has 0 atom stereocenters. The fourth-order valence-corrected chi connectivity index (χ4v) is 1.88. The summed E-state index contributed by atoms with van der Waals surface area (Å²) in [5, 5.41) is 19.8. The van der Waals surface area contributed by atoms with Crippen molar-refractivity contribution in [2.75, 3.05) is 24.2 Å². The molecule has 1 heterocycles. The van der Waals surface area contributed by atoms with Gasteiger partial charge in [-0.15, -0.1) is 10.2 Å². The zero-order valence-corrected chi connectivity index (χ0v) is 14.1. The number of aliphatic hydroxyl groups is 1. The van der Waals surface area contributed by atoms with Crippen LogP contribution in [0.25, 0.3) is 0 Å². The molecule has 0 aliphatic rings. The van der Waals surface area contributed by atoms with Crippen LogP contribution in [0.1, 0.15) is 6.42 Å². The maximum Gasteiger partial charge on any atom is 0.226 e. The normalized spacial score (nSPS) is 10.7. The number of nitrogens with zero attached hydrogens (tertiary/aromatic N) is 3. The summed E-state index contributed by atoms with van der Waals surface area (Å²) in [7, 11) is 0. The first kappa shape index (κ1) is 19.0. The first-order valence-electron chi connectivity index (χ1n) is 7.77. The largest absolute Gasteiger partial charge is 0.458 e. The molecular formula is C17H20N6O3. The maximum atomic E-state index is 11.5. The number of nitrogens with two attached hydrogens (primary N) is 2. The van der Waals surface area contributed by atoms with E-state index in [1.165, 1.54) is 0 Å². The van der Waals surface area contributed by atoms with Gasteiger partial charge in [-0.1, -0.05) is 18.7 Å². The summed E-state index contributed by atoms with van der Waals surface area (Å²) in [6, 6.07) is 10.0. The molecular weight excluding hydrogens is 336 g/mol. The molecule has 0 radical (unpaired) electrons. The van der Waals surface area contributed by atoms with Crippen LogP contribution in [0.15, 0.2) is 59.0 Å². The number of carbonyl (C=O) groups excluding carboxylic acids is 1. The number of amides is 1. The second kappa shape index (κ2) is 9.25. The highest BCUT2D eigenvalue weighted by Crippen LogP contribution is 2.31. The number of hydrogen-bond donors (Lipinski definition) is 4. The van der Waals surface area contributed by atoms with Crippen molar-refractivity contribution in [2.24, 2.45) is 16.0 Å². The Bertz CT molecular complexity index is 822. The van der Waals surface area contributed by atoms with Crippen LogP contribution in [-0.2, 0) is 4.79 Å². The molecule has 0 fully saturated rings. The predicted octanol–water partition coefficient (Wildman–Crippen LogP) is 2.25. The minimum Gasteiger partial charge on any atom is -0.458 e. The van der Waals surface area contributed by atoms with Crippen molar-refractivity contribution < 1.29 is 14.6 Å². The van der Waals surface area contributed by atoms with Crippen LogP contribution in [0.2, 0.25) is 0 Å². The number of carbonyl (C=O) groups is 1. The molecule has 0 unspecified atom stereocenters. The Hall–Kier alpha value is -3.30. The SMILES string of the molecule is C=C(CO)Oc1ccccc1N=Nc1ccc(NC(=O)CCN)nc1N. The van der Waals surface area contributed by atoms with Gasteiger partial charge >= 0.3 is 0 Å². The highest BCUT2D eigenvalue weighted by atomic mass is 16.5. The first-order chi connectivity index (χ1) is 12.5. The molecule has 1 amide bonds. The van der Waals surface area contributed by atoms with Crippen LogP contribution in [0, 0.1) is 0 Å². The molecule has 136 valence electrons. The zero-order chi connectivity index (χ0) is 18.9. The van der Waals surface area contributed by atoms with Gasteiger partial charge in [0.1, 0.15) is 29.6 Å². The average Bonchev–Trinajstić information content (AvgIpc) is 2.62. The van der Waals surface area contributed by atoms with E-state index in [-0.39, 0.29) is 37.1 Å². The van der Waals surface area contributed by atoms with Gasteiger partial charge in [0, 0.05) is 13.0 Å². The van der Waals surface area contributed by atoms with E-state index in [1.54, 1.807) is 36.4 Å². The molecule has 0 bridgehead atoms. The number of para-hydroxylation sites is 1. The van der Waals surface area contributed by atoms with Gasteiger partial charge in [0.25, 0.3) is 0 Å². The molecule has 0 aliphatic carbocycles. The lowest BCUT2D eigenvalue weighted by molar-refractivity contribution is -0.116. The fraction of sp³-hybridized carbons (Fsp3) is 0.176. The highest BCUT2D eigenvalue weighted by Gasteiger charge is 2.07. The van der Waals surface area contributed by atoms with Crippen LogP contribution in [0.5, 0.6) is 5.75 Å². The number of benzene rings is 1. The van der Waals surface area contributed by atoms with Crippen molar-refractivity contribution in [3.05, 3.63) is 48.7 Å². The second-order valence-electron chi connectivity index (χ2n) is 5.15. The Morgan fingerprint density at radius 3 is 2.65 bits per heavy atom. The Labute approximate surface area is 150 Å². The monoisotopic (exact) mass is 356 g/mol. The number of anilines is 2. The summed E-state index contributed by atoms with van der Waals surface area (Å²) in [5.74, 6) is 0.753. The molecule has 0 aliphatic heterocycles.